The van der Waals surface area contributed by atoms with Crippen molar-refractivity contribution in [1.82, 2.24) is 5.43 Å². The van der Waals surface area contributed by atoms with Crippen molar-refractivity contribution in [3.05, 3.63) is 30.3 Å². The standard InChI is InChI=1S/C10H11N3O3/c1-8(14)12-13(10(15)7-11-16)9-5-3-2-4-6-9/h2-7,16H,1H3,(H,12,14)/b11-7+. The van der Waals surface area contributed by atoms with Crippen LogP contribution in [0.5, 0.6) is 0 Å². The summed E-state index contributed by atoms with van der Waals surface area (Å²) in [7, 11) is 0. The number of carbonyl (C=O) groups excluding carboxylic acids is 2. The van der Waals surface area contributed by atoms with Gasteiger partial charge in [0.15, 0.2) is 0 Å². The fraction of sp³-hybridized carbons (Fsp3) is 0.100. The molecular weight excluding hydrogens is 210 g/mol. The van der Waals surface area contributed by atoms with Crippen LogP contribution in [0.25, 0.3) is 0 Å². The van der Waals surface area contributed by atoms with E-state index in [9.17, 15) is 9.59 Å². The first-order valence-electron chi connectivity index (χ1n) is 4.49. The van der Waals surface area contributed by atoms with E-state index in [0.29, 0.717) is 11.9 Å². The number of nitrogens with one attached hydrogen (secondary N) is 1. The first kappa shape index (κ1) is 11.7. The Labute approximate surface area is 92.1 Å². The summed E-state index contributed by atoms with van der Waals surface area (Å²) >= 11 is 0. The van der Waals surface area contributed by atoms with Gasteiger partial charge in [-0.05, 0) is 12.1 Å². The summed E-state index contributed by atoms with van der Waals surface area (Å²) in [5.41, 5.74) is 2.80. The number of anilines is 1. The lowest BCUT2D eigenvalue weighted by Gasteiger charge is -2.20. The normalized spacial score (nSPS) is 10.1. The summed E-state index contributed by atoms with van der Waals surface area (Å²) in [6.07, 6.45) is 0.697. The first-order chi connectivity index (χ1) is 7.65. The molecule has 0 radical (unpaired) electrons. The fourth-order valence-corrected chi connectivity index (χ4v) is 1.09. The topological polar surface area (TPSA) is 82.0 Å². The monoisotopic (exact) mass is 221 g/mol. The van der Waals surface area contributed by atoms with E-state index in [1.165, 1.54) is 6.92 Å². The molecule has 0 aromatic heterocycles. The Morgan fingerprint density at radius 1 is 1.38 bits per heavy atom. The predicted octanol–water partition coefficient (Wildman–Crippen LogP) is 0.531. The van der Waals surface area contributed by atoms with Crippen molar-refractivity contribution in [2.75, 3.05) is 5.01 Å². The maximum atomic E-state index is 11.5. The molecule has 2 amide bonds. The van der Waals surface area contributed by atoms with Crippen LogP contribution in [0, 0.1) is 0 Å². The van der Waals surface area contributed by atoms with E-state index in [-0.39, 0.29) is 0 Å². The minimum Gasteiger partial charge on any atom is -0.411 e. The second-order valence-corrected chi connectivity index (χ2v) is 2.92. The van der Waals surface area contributed by atoms with E-state index in [1.807, 2.05) is 0 Å². The van der Waals surface area contributed by atoms with Crippen molar-refractivity contribution in [2.45, 2.75) is 6.92 Å². The highest BCUT2D eigenvalue weighted by Gasteiger charge is 2.14. The van der Waals surface area contributed by atoms with Crippen LogP contribution in [0.2, 0.25) is 0 Å². The number of hydrazine groups is 1. The molecule has 1 rings (SSSR count). The second kappa shape index (κ2) is 5.50. The summed E-state index contributed by atoms with van der Waals surface area (Å²) in [6, 6.07) is 8.49. The van der Waals surface area contributed by atoms with Gasteiger partial charge in [0.25, 0.3) is 5.91 Å². The van der Waals surface area contributed by atoms with Gasteiger partial charge in [0, 0.05) is 6.92 Å². The van der Waals surface area contributed by atoms with E-state index in [2.05, 4.69) is 10.6 Å². The average molecular weight is 221 g/mol. The number of hydrogen-bond donors (Lipinski definition) is 2. The van der Waals surface area contributed by atoms with E-state index in [1.54, 1.807) is 30.3 Å². The minimum atomic E-state index is -0.649. The smallest absolute Gasteiger partial charge is 0.291 e. The second-order valence-electron chi connectivity index (χ2n) is 2.92. The summed E-state index contributed by atoms with van der Waals surface area (Å²) in [4.78, 5) is 22.4. The molecule has 0 aliphatic heterocycles. The van der Waals surface area contributed by atoms with E-state index in [0.717, 1.165) is 5.01 Å². The Balaban J connectivity index is 2.96. The van der Waals surface area contributed by atoms with Gasteiger partial charge in [-0.2, -0.15) is 0 Å². The maximum Gasteiger partial charge on any atom is 0.291 e. The molecule has 16 heavy (non-hydrogen) atoms. The van der Waals surface area contributed by atoms with Gasteiger partial charge in [-0.25, -0.2) is 5.01 Å². The number of para-hydroxylation sites is 1. The van der Waals surface area contributed by atoms with Gasteiger partial charge in [0.2, 0.25) is 5.91 Å². The molecule has 0 unspecified atom stereocenters. The summed E-state index contributed by atoms with van der Waals surface area (Å²) < 4.78 is 0. The van der Waals surface area contributed by atoms with Gasteiger partial charge in [-0.3, -0.25) is 15.0 Å². The molecule has 1 aromatic carbocycles. The quantitative estimate of drug-likeness (QED) is 0.434. The zero-order chi connectivity index (χ0) is 12.0. The van der Waals surface area contributed by atoms with Gasteiger partial charge in [-0.15, -0.1) is 0 Å². The van der Waals surface area contributed by atoms with Crippen LogP contribution < -0.4 is 10.4 Å². The molecule has 0 aliphatic carbocycles. The fourth-order valence-electron chi connectivity index (χ4n) is 1.09. The highest BCUT2D eigenvalue weighted by Crippen LogP contribution is 2.10. The Kier molecular flexibility index (Phi) is 4.02. The third kappa shape index (κ3) is 3.09. The minimum absolute atomic E-state index is 0.399. The largest absolute Gasteiger partial charge is 0.411 e. The van der Waals surface area contributed by atoms with Gasteiger partial charge >= 0.3 is 0 Å². The van der Waals surface area contributed by atoms with Crippen LogP contribution in [0.4, 0.5) is 5.69 Å². The molecule has 0 saturated carbocycles. The number of nitrogens with zero attached hydrogens (tertiary/aromatic N) is 2. The molecule has 6 nitrogen and oxygen atoms in total. The number of amides is 2. The molecule has 6 heteroatoms. The van der Waals surface area contributed by atoms with Crippen LogP contribution in [-0.2, 0) is 9.59 Å². The number of hydrogen-bond acceptors (Lipinski definition) is 4. The van der Waals surface area contributed by atoms with E-state index >= 15 is 0 Å². The van der Waals surface area contributed by atoms with Crippen LogP contribution in [-0.4, -0.2) is 23.2 Å². The summed E-state index contributed by atoms with van der Waals surface area (Å²) in [5, 5.41) is 11.9. The molecule has 0 aliphatic rings. The lowest BCUT2D eigenvalue weighted by Crippen LogP contribution is -2.46. The van der Waals surface area contributed by atoms with Crippen molar-refractivity contribution in [2.24, 2.45) is 5.16 Å². The zero-order valence-corrected chi connectivity index (χ0v) is 8.62. The summed E-state index contributed by atoms with van der Waals surface area (Å²) in [5.74, 6) is -1.05. The highest BCUT2D eigenvalue weighted by molar-refractivity contribution is 6.32. The number of benzene rings is 1. The van der Waals surface area contributed by atoms with E-state index in [4.69, 9.17) is 5.21 Å². The van der Waals surface area contributed by atoms with Gasteiger partial charge in [0.1, 0.15) is 6.21 Å². The molecule has 0 bridgehead atoms. The Morgan fingerprint density at radius 3 is 2.50 bits per heavy atom. The van der Waals surface area contributed by atoms with Crippen molar-refractivity contribution in [3.63, 3.8) is 0 Å². The number of carbonyl (C=O) groups is 2. The Hall–Kier alpha value is -2.37. The molecular formula is C10H11N3O3. The highest BCUT2D eigenvalue weighted by atomic mass is 16.4. The van der Waals surface area contributed by atoms with Crippen LogP contribution >= 0.6 is 0 Å². The zero-order valence-electron chi connectivity index (χ0n) is 8.62. The Morgan fingerprint density at radius 2 is 2.00 bits per heavy atom. The molecule has 2 N–H and O–H groups in total. The predicted molar refractivity (Wildman–Crippen MR) is 58.0 cm³/mol. The molecule has 0 atom stereocenters. The van der Waals surface area contributed by atoms with Crippen LogP contribution in [0.3, 0.4) is 0 Å². The molecule has 1 aromatic rings. The third-order valence-electron chi connectivity index (χ3n) is 1.67. The van der Waals surface area contributed by atoms with Crippen LogP contribution in [0.15, 0.2) is 35.5 Å². The maximum absolute atomic E-state index is 11.5. The SMILES string of the molecule is CC(=O)NN(C(=O)/C=N/O)c1ccccc1. The molecule has 0 fully saturated rings. The molecule has 0 spiro atoms. The third-order valence-corrected chi connectivity index (χ3v) is 1.67. The van der Waals surface area contributed by atoms with Crippen molar-refractivity contribution >= 4 is 23.7 Å². The van der Waals surface area contributed by atoms with Crippen molar-refractivity contribution in [3.8, 4) is 0 Å². The van der Waals surface area contributed by atoms with Crippen LogP contribution in [0.1, 0.15) is 6.92 Å². The molecule has 0 saturated heterocycles. The number of rotatable bonds is 2. The van der Waals surface area contributed by atoms with Crippen molar-refractivity contribution < 1.29 is 14.8 Å². The number of oxime groups is 1. The van der Waals surface area contributed by atoms with E-state index < -0.39 is 11.8 Å². The van der Waals surface area contributed by atoms with Gasteiger partial charge in [0.05, 0.1) is 5.69 Å². The van der Waals surface area contributed by atoms with Gasteiger partial charge in [-0.1, -0.05) is 23.4 Å². The van der Waals surface area contributed by atoms with Crippen molar-refractivity contribution in [1.29, 1.82) is 0 Å². The molecule has 84 valence electrons. The lowest BCUT2D eigenvalue weighted by atomic mass is 10.3. The first-order valence-corrected chi connectivity index (χ1v) is 4.49. The van der Waals surface area contributed by atoms with Gasteiger partial charge < -0.3 is 5.21 Å². The lowest BCUT2D eigenvalue weighted by molar-refractivity contribution is -0.122. The average Bonchev–Trinajstić information content (AvgIpc) is 2.27. The summed E-state index contributed by atoms with van der Waals surface area (Å²) in [6.45, 7) is 1.28. The molecule has 0 heterocycles. The Bertz CT molecular complexity index is 403.